The van der Waals surface area contributed by atoms with Crippen LogP contribution in [0.25, 0.3) is 0 Å². The number of hydrogen-bond donors (Lipinski definition) is 2. The molecule has 2 N–H and O–H groups in total. The minimum absolute atomic E-state index is 0.0966. The maximum atomic E-state index is 12.6. The van der Waals surface area contributed by atoms with Crippen molar-refractivity contribution in [1.29, 1.82) is 0 Å². The van der Waals surface area contributed by atoms with Gasteiger partial charge >= 0.3 is 0 Å². The lowest BCUT2D eigenvalue weighted by Gasteiger charge is -2.18. The van der Waals surface area contributed by atoms with E-state index in [-0.39, 0.29) is 11.9 Å². The van der Waals surface area contributed by atoms with E-state index in [9.17, 15) is 13.2 Å². The maximum absolute atomic E-state index is 12.6. The number of carbonyl (C=O) groups excluding carboxylic acids is 1. The molecule has 25 heavy (non-hydrogen) atoms. The lowest BCUT2D eigenvalue weighted by Crippen LogP contribution is -2.28. The Hall–Kier alpha value is -2.34. The average molecular weight is 360 g/mol. The molecule has 134 valence electrons. The molecule has 2 rings (SSSR count). The number of rotatable bonds is 6. The molecule has 0 radical (unpaired) electrons. The first-order valence-electron chi connectivity index (χ1n) is 8.15. The summed E-state index contributed by atoms with van der Waals surface area (Å²) in [7, 11) is -3.40. The SMILES string of the molecule is CC[C@H](NC(=O)c1ccc(C)c(NS(C)(=O)=O)c1)c1ccc(C)cc1. The normalized spacial score (nSPS) is 12.5. The lowest BCUT2D eigenvalue weighted by atomic mass is 10.0. The predicted octanol–water partition coefficient (Wildman–Crippen LogP) is 3.56. The van der Waals surface area contributed by atoms with Crippen LogP contribution in [0.2, 0.25) is 0 Å². The van der Waals surface area contributed by atoms with Crippen molar-refractivity contribution in [2.24, 2.45) is 0 Å². The topological polar surface area (TPSA) is 75.3 Å². The molecule has 0 aliphatic heterocycles. The molecular formula is C19H24N2O3S. The van der Waals surface area contributed by atoms with Crippen LogP contribution in [0.4, 0.5) is 5.69 Å². The molecule has 0 bridgehead atoms. The van der Waals surface area contributed by atoms with Crippen LogP contribution in [-0.4, -0.2) is 20.6 Å². The first-order valence-corrected chi connectivity index (χ1v) is 10.0. The third-order valence-electron chi connectivity index (χ3n) is 3.99. The van der Waals surface area contributed by atoms with E-state index in [4.69, 9.17) is 0 Å². The average Bonchev–Trinajstić information content (AvgIpc) is 2.54. The highest BCUT2D eigenvalue weighted by molar-refractivity contribution is 7.92. The molecular weight excluding hydrogens is 336 g/mol. The van der Waals surface area contributed by atoms with E-state index < -0.39 is 10.0 Å². The Labute approximate surface area is 149 Å². The smallest absolute Gasteiger partial charge is 0.251 e. The minimum atomic E-state index is -3.40. The van der Waals surface area contributed by atoms with Crippen molar-refractivity contribution < 1.29 is 13.2 Å². The maximum Gasteiger partial charge on any atom is 0.251 e. The Kier molecular flexibility index (Phi) is 5.85. The van der Waals surface area contributed by atoms with Gasteiger partial charge in [0, 0.05) is 5.56 Å². The first-order chi connectivity index (χ1) is 11.7. The van der Waals surface area contributed by atoms with Crippen LogP contribution < -0.4 is 10.0 Å². The van der Waals surface area contributed by atoms with Crippen molar-refractivity contribution >= 4 is 21.6 Å². The van der Waals surface area contributed by atoms with E-state index >= 15 is 0 Å². The zero-order valence-electron chi connectivity index (χ0n) is 15.0. The molecule has 0 fully saturated rings. The van der Waals surface area contributed by atoms with Gasteiger partial charge in [0.15, 0.2) is 0 Å². The van der Waals surface area contributed by atoms with Crippen LogP contribution in [-0.2, 0) is 10.0 Å². The summed E-state index contributed by atoms with van der Waals surface area (Å²) in [5, 5.41) is 3.01. The fourth-order valence-electron chi connectivity index (χ4n) is 2.53. The molecule has 6 heteroatoms. The van der Waals surface area contributed by atoms with Crippen molar-refractivity contribution in [1.82, 2.24) is 5.32 Å². The highest BCUT2D eigenvalue weighted by Gasteiger charge is 2.15. The Bertz CT molecular complexity index is 859. The Morgan fingerprint density at radius 2 is 1.72 bits per heavy atom. The number of anilines is 1. The number of benzene rings is 2. The van der Waals surface area contributed by atoms with E-state index in [1.165, 1.54) is 5.56 Å². The number of carbonyl (C=O) groups is 1. The fraction of sp³-hybridized carbons (Fsp3) is 0.316. The van der Waals surface area contributed by atoms with E-state index in [0.29, 0.717) is 11.3 Å². The molecule has 2 aromatic rings. The van der Waals surface area contributed by atoms with Crippen molar-refractivity contribution in [3.63, 3.8) is 0 Å². The van der Waals surface area contributed by atoms with E-state index in [0.717, 1.165) is 23.8 Å². The number of sulfonamides is 1. The van der Waals surface area contributed by atoms with Gasteiger partial charge in [-0.3, -0.25) is 9.52 Å². The summed E-state index contributed by atoms with van der Waals surface area (Å²) in [4.78, 5) is 12.6. The summed E-state index contributed by atoms with van der Waals surface area (Å²) >= 11 is 0. The Morgan fingerprint density at radius 1 is 1.08 bits per heavy atom. The van der Waals surface area contributed by atoms with E-state index in [1.807, 2.05) is 38.1 Å². The molecule has 0 aliphatic carbocycles. The summed E-state index contributed by atoms with van der Waals surface area (Å²) in [6.07, 6.45) is 1.85. The molecule has 0 aromatic heterocycles. The fourth-order valence-corrected chi connectivity index (χ4v) is 3.15. The second kappa shape index (κ2) is 7.70. The molecule has 0 heterocycles. The van der Waals surface area contributed by atoms with Crippen molar-refractivity contribution in [2.45, 2.75) is 33.2 Å². The van der Waals surface area contributed by atoms with Gasteiger partial charge < -0.3 is 5.32 Å². The van der Waals surface area contributed by atoms with Crippen molar-refractivity contribution in [3.8, 4) is 0 Å². The number of aryl methyl sites for hydroxylation is 2. The van der Waals surface area contributed by atoms with Crippen LogP contribution in [0.1, 0.15) is 46.4 Å². The molecule has 0 aliphatic rings. The lowest BCUT2D eigenvalue weighted by molar-refractivity contribution is 0.0935. The van der Waals surface area contributed by atoms with E-state index in [2.05, 4.69) is 10.0 Å². The second-order valence-electron chi connectivity index (χ2n) is 6.25. The predicted molar refractivity (Wildman–Crippen MR) is 101 cm³/mol. The third-order valence-corrected chi connectivity index (χ3v) is 4.58. The van der Waals surface area contributed by atoms with Gasteiger partial charge in [-0.05, 0) is 43.5 Å². The molecule has 0 unspecified atom stereocenters. The third kappa shape index (κ3) is 5.32. The van der Waals surface area contributed by atoms with Gasteiger partial charge in [-0.15, -0.1) is 0 Å². The second-order valence-corrected chi connectivity index (χ2v) is 8.00. The summed E-state index contributed by atoms with van der Waals surface area (Å²) in [5.41, 5.74) is 3.80. The molecule has 1 atom stereocenters. The van der Waals surface area contributed by atoms with Gasteiger partial charge in [0.2, 0.25) is 10.0 Å². The van der Waals surface area contributed by atoms with Gasteiger partial charge in [0.1, 0.15) is 0 Å². The molecule has 1 amide bonds. The molecule has 0 saturated carbocycles. The Balaban J connectivity index is 2.22. The van der Waals surface area contributed by atoms with Crippen molar-refractivity contribution in [2.75, 3.05) is 11.0 Å². The highest BCUT2D eigenvalue weighted by atomic mass is 32.2. The number of nitrogens with one attached hydrogen (secondary N) is 2. The standard InChI is InChI=1S/C19H24N2O3S/c1-5-17(15-9-6-13(2)7-10-15)20-19(22)16-11-8-14(3)18(12-16)21-25(4,23)24/h6-12,17,21H,5H2,1-4H3,(H,20,22)/t17-/m0/s1. The quantitative estimate of drug-likeness (QED) is 0.827. The largest absolute Gasteiger partial charge is 0.345 e. The van der Waals surface area contributed by atoms with Crippen LogP contribution in [0.3, 0.4) is 0 Å². The Morgan fingerprint density at radius 3 is 2.28 bits per heavy atom. The van der Waals surface area contributed by atoms with Crippen molar-refractivity contribution in [3.05, 3.63) is 64.7 Å². The van der Waals surface area contributed by atoms with E-state index in [1.54, 1.807) is 25.1 Å². The highest BCUT2D eigenvalue weighted by Crippen LogP contribution is 2.21. The number of hydrogen-bond acceptors (Lipinski definition) is 3. The molecule has 0 saturated heterocycles. The molecule has 5 nitrogen and oxygen atoms in total. The zero-order valence-corrected chi connectivity index (χ0v) is 15.8. The van der Waals surface area contributed by atoms with Crippen LogP contribution in [0, 0.1) is 13.8 Å². The van der Waals surface area contributed by atoms with Gasteiger partial charge in [-0.25, -0.2) is 8.42 Å². The van der Waals surface area contributed by atoms with Crippen LogP contribution >= 0.6 is 0 Å². The first kappa shape index (κ1) is 19.0. The summed E-state index contributed by atoms with van der Waals surface area (Å²) in [5.74, 6) is -0.232. The summed E-state index contributed by atoms with van der Waals surface area (Å²) < 4.78 is 25.4. The van der Waals surface area contributed by atoms with Gasteiger partial charge in [-0.2, -0.15) is 0 Å². The zero-order chi connectivity index (χ0) is 18.6. The monoisotopic (exact) mass is 360 g/mol. The minimum Gasteiger partial charge on any atom is -0.345 e. The van der Waals surface area contributed by atoms with Crippen LogP contribution in [0.15, 0.2) is 42.5 Å². The molecule has 0 spiro atoms. The van der Waals surface area contributed by atoms with Gasteiger partial charge in [-0.1, -0.05) is 42.8 Å². The van der Waals surface area contributed by atoms with Gasteiger partial charge in [0.25, 0.3) is 5.91 Å². The van der Waals surface area contributed by atoms with Gasteiger partial charge in [0.05, 0.1) is 18.0 Å². The summed E-state index contributed by atoms with van der Waals surface area (Å²) in [6, 6.07) is 12.9. The van der Waals surface area contributed by atoms with Crippen LogP contribution in [0.5, 0.6) is 0 Å². The summed E-state index contributed by atoms with van der Waals surface area (Å²) in [6.45, 7) is 5.82. The number of amides is 1. The molecule has 2 aromatic carbocycles.